The van der Waals surface area contributed by atoms with Gasteiger partial charge in [-0.05, 0) is 37.0 Å². The lowest BCUT2D eigenvalue weighted by molar-refractivity contribution is -0.122. The monoisotopic (exact) mass is 248 g/mol. The highest BCUT2D eigenvalue weighted by Gasteiger charge is 2.29. The Morgan fingerprint density at radius 2 is 2.06 bits per heavy atom. The fourth-order valence-corrected chi connectivity index (χ4v) is 1.70. The Hall–Kier alpha value is -1.71. The average molecular weight is 248 g/mol. The van der Waals surface area contributed by atoms with Gasteiger partial charge < -0.3 is 0 Å². The summed E-state index contributed by atoms with van der Waals surface area (Å²) in [6, 6.07) is 6.19. The molecule has 18 heavy (non-hydrogen) atoms. The molecule has 1 N–H and O–H groups in total. The third kappa shape index (κ3) is 3.39. The highest BCUT2D eigenvalue weighted by molar-refractivity contribution is 6.01. The predicted molar refractivity (Wildman–Crippen MR) is 68.7 cm³/mol. The van der Waals surface area contributed by atoms with E-state index in [0.717, 1.165) is 37.0 Å². The minimum Gasteiger partial charge on any atom is -0.273 e. The van der Waals surface area contributed by atoms with Gasteiger partial charge in [0.15, 0.2) is 0 Å². The van der Waals surface area contributed by atoms with Gasteiger partial charge >= 0.3 is 0 Å². The number of hydrogen-bond acceptors (Lipinski definition) is 2. The summed E-state index contributed by atoms with van der Waals surface area (Å²) < 4.78 is 12.9. The maximum atomic E-state index is 12.9. The fraction of sp³-hybridized carbons (Fsp3) is 0.429. The number of halogens is 1. The third-order valence-corrected chi connectivity index (χ3v) is 2.91. The van der Waals surface area contributed by atoms with Crippen LogP contribution < -0.4 is 5.43 Å². The number of nitrogens with one attached hydrogen (secondary N) is 1. The molecule has 3 nitrogen and oxygen atoms in total. The Labute approximate surface area is 106 Å². The number of hydrogen-bond donors (Lipinski definition) is 1. The first-order valence-electron chi connectivity index (χ1n) is 6.33. The van der Waals surface area contributed by atoms with Gasteiger partial charge in [-0.25, -0.2) is 9.82 Å². The molecule has 2 rings (SSSR count). The van der Waals surface area contributed by atoms with Crippen LogP contribution in [0.25, 0.3) is 0 Å². The first-order chi connectivity index (χ1) is 8.70. The van der Waals surface area contributed by atoms with Gasteiger partial charge in [0, 0.05) is 5.92 Å². The van der Waals surface area contributed by atoms with E-state index < -0.39 is 0 Å². The number of amides is 1. The minimum atomic E-state index is -0.267. The van der Waals surface area contributed by atoms with Crippen LogP contribution >= 0.6 is 0 Å². The normalized spacial score (nSPS) is 15.6. The summed E-state index contributed by atoms with van der Waals surface area (Å²) in [4.78, 5) is 11.5. The molecule has 0 unspecified atom stereocenters. The molecular weight excluding hydrogens is 231 g/mol. The van der Waals surface area contributed by atoms with E-state index in [1.165, 1.54) is 12.1 Å². The smallest absolute Gasteiger partial charge is 0.243 e. The van der Waals surface area contributed by atoms with Crippen molar-refractivity contribution in [2.75, 3.05) is 0 Å². The van der Waals surface area contributed by atoms with E-state index >= 15 is 0 Å². The molecule has 4 heteroatoms. The molecule has 0 spiro atoms. The van der Waals surface area contributed by atoms with Gasteiger partial charge in [0.1, 0.15) is 5.82 Å². The lowest BCUT2D eigenvalue weighted by atomic mass is 10.1. The van der Waals surface area contributed by atoms with E-state index in [4.69, 9.17) is 0 Å². The molecule has 0 bridgehead atoms. The first kappa shape index (κ1) is 12.7. The zero-order valence-electron chi connectivity index (χ0n) is 10.4. The lowest BCUT2D eigenvalue weighted by Gasteiger charge is -2.06. The van der Waals surface area contributed by atoms with Crippen molar-refractivity contribution in [3.05, 3.63) is 35.6 Å². The zero-order chi connectivity index (χ0) is 13.0. The van der Waals surface area contributed by atoms with Crippen molar-refractivity contribution in [2.24, 2.45) is 11.0 Å². The van der Waals surface area contributed by atoms with Gasteiger partial charge in [0.25, 0.3) is 0 Å². The van der Waals surface area contributed by atoms with E-state index in [1.54, 1.807) is 12.1 Å². The van der Waals surface area contributed by atoms with Gasteiger partial charge in [-0.15, -0.1) is 0 Å². The van der Waals surface area contributed by atoms with Crippen LogP contribution in [0.1, 0.15) is 38.2 Å². The van der Waals surface area contributed by atoms with Crippen molar-refractivity contribution in [3.8, 4) is 0 Å². The molecule has 0 heterocycles. The van der Waals surface area contributed by atoms with Crippen LogP contribution in [0.15, 0.2) is 29.4 Å². The molecule has 0 radical (unpaired) electrons. The van der Waals surface area contributed by atoms with Gasteiger partial charge in [-0.2, -0.15) is 5.10 Å². The molecule has 1 aliphatic carbocycles. The summed E-state index contributed by atoms with van der Waals surface area (Å²) in [6.45, 7) is 2.04. The molecule has 1 amide bonds. The predicted octanol–water partition coefficient (Wildman–Crippen LogP) is 2.86. The van der Waals surface area contributed by atoms with E-state index in [-0.39, 0.29) is 17.6 Å². The second kappa shape index (κ2) is 5.76. The van der Waals surface area contributed by atoms with Gasteiger partial charge in [0.2, 0.25) is 5.91 Å². The third-order valence-electron chi connectivity index (χ3n) is 2.91. The number of hydrazone groups is 1. The summed E-state index contributed by atoms with van der Waals surface area (Å²) >= 11 is 0. The molecular formula is C14H17FN2O. The van der Waals surface area contributed by atoms with Gasteiger partial charge in [0.05, 0.1) is 5.71 Å². The van der Waals surface area contributed by atoms with Crippen molar-refractivity contribution >= 4 is 11.6 Å². The molecule has 1 fully saturated rings. The van der Waals surface area contributed by atoms with Crippen molar-refractivity contribution < 1.29 is 9.18 Å². The zero-order valence-corrected chi connectivity index (χ0v) is 10.4. The first-order valence-corrected chi connectivity index (χ1v) is 6.33. The van der Waals surface area contributed by atoms with Crippen molar-refractivity contribution in [1.29, 1.82) is 0 Å². The maximum absolute atomic E-state index is 12.9. The number of carbonyl (C=O) groups is 1. The summed E-state index contributed by atoms with van der Waals surface area (Å²) in [5.41, 5.74) is 4.25. The summed E-state index contributed by atoms with van der Waals surface area (Å²) in [6.07, 6.45) is 3.61. The summed E-state index contributed by atoms with van der Waals surface area (Å²) in [7, 11) is 0. The van der Waals surface area contributed by atoms with Crippen LogP contribution in [0.4, 0.5) is 4.39 Å². The number of nitrogens with zero attached hydrogens (tertiary/aromatic N) is 1. The second-order valence-corrected chi connectivity index (χ2v) is 4.57. The van der Waals surface area contributed by atoms with E-state index in [0.29, 0.717) is 0 Å². The van der Waals surface area contributed by atoms with Crippen LogP contribution in [-0.2, 0) is 4.79 Å². The van der Waals surface area contributed by atoms with Crippen LogP contribution in [0.3, 0.4) is 0 Å². The van der Waals surface area contributed by atoms with E-state index in [2.05, 4.69) is 10.5 Å². The van der Waals surface area contributed by atoms with E-state index in [1.807, 2.05) is 6.92 Å². The molecule has 0 saturated heterocycles. The van der Waals surface area contributed by atoms with Crippen LogP contribution in [0, 0.1) is 11.7 Å². The van der Waals surface area contributed by atoms with Crippen molar-refractivity contribution in [2.45, 2.75) is 32.6 Å². The van der Waals surface area contributed by atoms with Crippen LogP contribution in [0.5, 0.6) is 0 Å². The highest BCUT2D eigenvalue weighted by Crippen LogP contribution is 2.28. The van der Waals surface area contributed by atoms with Crippen LogP contribution in [-0.4, -0.2) is 11.6 Å². The number of rotatable bonds is 5. The maximum Gasteiger partial charge on any atom is 0.243 e. The minimum absolute atomic E-state index is 0.00860. The number of carbonyl (C=O) groups excluding carboxylic acids is 1. The van der Waals surface area contributed by atoms with Crippen molar-refractivity contribution in [3.63, 3.8) is 0 Å². The van der Waals surface area contributed by atoms with Gasteiger partial charge in [-0.1, -0.05) is 25.5 Å². The Morgan fingerprint density at radius 1 is 1.39 bits per heavy atom. The average Bonchev–Trinajstić information content (AvgIpc) is 3.19. The molecule has 1 saturated carbocycles. The fourth-order valence-electron chi connectivity index (χ4n) is 1.70. The molecule has 0 atom stereocenters. The SMILES string of the molecule is CCCC(=NNC(=O)C1CC1)c1ccc(F)cc1. The molecule has 96 valence electrons. The topological polar surface area (TPSA) is 41.5 Å². The molecule has 0 aromatic heterocycles. The molecule has 1 aromatic rings. The number of benzene rings is 1. The molecule has 1 aromatic carbocycles. The van der Waals surface area contributed by atoms with E-state index in [9.17, 15) is 9.18 Å². The lowest BCUT2D eigenvalue weighted by Crippen LogP contribution is -2.21. The van der Waals surface area contributed by atoms with Gasteiger partial charge in [-0.3, -0.25) is 4.79 Å². The standard InChI is InChI=1S/C14H17FN2O/c1-2-3-13(10-6-8-12(15)9-7-10)16-17-14(18)11-4-5-11/h6-9,11H,2-5H2,1H3,(H,17,18). The Bertz CT molecular complexity index is 449. The quantitative estimate of drug-likeness (QED) is 0.631. The molecule has 0 aliphatic heterocycles. The highest BCUT2D eigenvalue weighted by atomic mass is 19.1. The van der Waals surface area contributed by atoms with Crippen molar-refractivity contribution in [1.82, 2.24) is 5.43 Å². The summed E-state index contributed by atoms with van der Waals surface area (Å²) in [5.74, 6) is -0.132. The Kier molecular flexibility index (Phi) is 4.07. The second-order valence-electron chi connectivity index (χ2n) is 4.57. The summed E-state index contributed by atoms with van der Waals surface area (Å²) in [5, 5.41) is 4.17. The van der Waals surface area contributed by atoms with Crippen LogP contribution in [0.2, 0.25) is 0 Å². The Morgan fingerprint density at radius 3 is 2.61 bits per heavy atom. The Balaban J connectivity index is 2.08. The molecule has 1 aliphatic rings. The largest absolute Gasteiger partial charge is 0.273 e.